The molecule has 0 spiro atoms. The van der Waals surface area contributed by atoms with E-state index < -0.39 is 6.10 Å². The lowest BCUT2D eigenvalue weighted by Crippen LogP contribution is -2.40. The van der Waals surface area contributed by atoms with Crippen molar-refractivity contribution in [3.63, 3.8) is 0 Å². The first-order valence-corrected chi connectivity index (χ1v) is 5.62. The second-order valence-corrected chi connectivity index (χ2v) is 4.24. The molecule has 0 aromatic heterocycles. The molecule has 1 aliphatic rings. The van der Waals surface area contributed by atoms with Gasteiger partial charge < -0.3 is 14.7 Å². The first kappa shape index (κ1) is 12.5. The smallest absolute Gasteiger partial charge is 0.222 e. The first-order valence-electron chi connectivity index (χ1n) is 5.62. The van der Waals surface area contributed by atoms with Crippen molar-refractivity contribution in [3.05, 3.63) is 0 Å². The molecule has 0 aromatic carbocycles. The van der Waals surface area contributed by atoms with Gasteiger partial charge in [0.05, 0.1) is 6.10 Å². The summed E-state index contributed by atoms with van der Waals surface area (Å²) in [5, 5.41) is 9.10. The van der Waals surface area contributed by atoms with Gasteiger partial charge in [0, 0.05) is 32.7 Å². The zero-order valence-electron chi connectivity index (χ0n) is 9.61. The minimum absolute atomic E-state index is 0.128. The lowest BCUT2D eigenvalue weighted by Gasteiger charge is -2.31. The van der Waals surface area contributed by atoms with Crippen molar-refractivity contribution in [1.29, 1.82) is 0 Å². The summed E-state index contributed by atoms with van der Waals surface area (Å²) >= 11 is 0. The van der Waals surface area contributed by atoms with Gasteiger partial charge >= 0.3 is 0 Å². The molecule has 1 atom stereocenters. The van der Waals surface area contributed by atoms with Gasteiger partial charge in [-0.15, -0.1) is 0 Å². The van der Waals surface area contributed by atoms with E-state index in [1.807, 2.05) is 11.9 Å². The Kier molecular flexibility index (Phi) is 5.05. The second kappa shape index (κ2) is 6.08. The highest BCUT2D eigenvalue weighted by Crippen LogP contribution is 2.14. The largest absolute Gasteiger partial charge is 0.393 e. The Labute approximate surface area is 91.2 Å². The topological polar surface area (TPSA) is 49.8 Å². The van der Waals surface area contributed by atoms with Crippen LogP contribution in [-0.4, -0.2) is 48.3 Å². The zero-order chi connectivity index (χ0) is 11.3. The van der Waals surface area contributed by atoms with Gasteiger partial charge in [-0.1, -0.05) is 0 Å². The SMILES string of the molecule is CC(O)CCC(=O)N(C)C1CCOCC1. The van der Waals surface area contributed by atoms with E-state index in [9.17, 15) is 4.79 Å². The molecule has 1 amide bonds. The van der Waals surface area contributed by atoms with Gasteiger partial charge in [0.25, 0.3) is 0 Å². The van der Waals surface area contributed by atoms with Gasteiger partial charge in [-0.25, -0.2) is 0 Å². The van der Waals surface area contributed by atoms with Crippen LogP contribution in [0.5, 0.6) is 0 Å². The van der Waals surface area contributed by atoms with Crippen molar-refractivity contribution in [1.82, 2.24) is 4.90 Å². The molecule has 0 saturated carbocycles. The fourth-order valence-electron chi connectivity index (χ4n) is 1.78. The monoisotopic (exact) mass is 215 g/mol. The molecule has 0 aromatic rings. The van der Waals surface area contributed by atoms with Crippen LogP contribution in [-0.2, 0) is 9.53 Å². The molecule has 1 heterocycles. The molecular weight excluding hydrogens is 194 g/mol. The summed E-state index contributed by atoms with van der Waals surface area (Å²) in [6.45, 7) is 3.21. The minimum Gasteiger partial charge on any atom is -0.393 e. The Morgan fingerprint density at radius 3 is 2.67 bits per heavy atom. The predicted octanol–water partition coefficient (Wildman–Crippen LogP) is 0.785. The molecule has 1 fully saturated rings. The average Bonchev–Trinajstić information content (AvgIpc) is 2.26. The molecule has 15 heavy (non-hydrogen) atoms. The van der Waals surface area contributed by atoms with Crippen LogP contribution < -0.4 is 0 Å². The number of aliphatic hydroxyl groups excluding tert-OH is 1. The van der Waals surface area contributed by atoms with Crippen LogP contribution in [0.3, 0.4) is 0 Å². The van der Waals surface area contributed by atoms with Gasteiger partial charge in [-0.3, -0.25) is 4.79 Å². The number of hydrogen-bond donors (Lipinski definition) is 1. The van der Waals surface area contributed by atoms with Crippen molar-refractivity contribution in [2.45, 2.75) is 44.8 Å². The van der Waals surface area contributed by atoms with Crippen molar-refractivity contribution in [2.75, 3.05) is 20.3 Å². The van der Waals surface area contributed by atoms with Gasteiger partial charge in [-0.05, 0) is 26.2 Å². The lowest BCUT2D eigenvalue weighted by molar-refractivity contribution is -0.134. The quantitative estimate of drug-likeness (QED) is 0.754. The van der Waals surface area contributed by atoms with Crippen molar-refractivity contribution in [3.8, 4) is 0 Å². The number of rotatable bonds is 4. The van der Waals surface area contributed by atoms with Crippen LogP contribution in [0, 0.1) is 0 Å². The molecule has 1 rings (SSSR count). The third-order valence-corrected chi connectivity index (χ3v) is 2.91. The number of amides is 1. The standard InChI is InChI=1S/C11H21NO3/c1-9(13)3-4-11(14)12(2)10-5-7-15-8-6-10/h9-10,13H,3-8H2,1-2H3. The van der Waals surface area contributed by atoms with E-state index in [2.05, 4.69) is 0 Å². The molecule has 88 valence electrons. The first-order chi connectivity index (χ1) is 7.11. The van der Waals surface area contributed by atoms with E-state index >= 15 is 0 Å². The van der Waals surface area contributed by atoms with Gasteiger partial charge in [-0.2, -0.15) is 0 Å². The number of carbonyl (C=O) groups is 1. The summed E-state index contributed by atoms with van der Waals surface area (Å²) in [6.07, 6.45) is 2.45. The molecular formula is C11H21NO3. The summed E-state index contributed by atoms with van der Waals surface area (Å²) in [6, 6.07) is 0.320. The predicted molar refractivity (Wildman–Crippen MR) is 57.5 cm³/mol. The third-order valence-electron chi connectivity index (χ3n) is 2.91. The minimum atomic E-state index is -0.392. The molecule has 0 bridgehead atoms. The zero-order valence-corrected chi connectivity index (χ0v) is 9.61. The van der Waals surface area contributed by atoms with Crippen LogP contribution in [0.15, 0.2) is 0 Å². The van der Waals surface area contributed by atoms with Gasteiger partial charge in [0.1, 0.15) is 0 Å². The maximum atomic E-state index is 11.7. The van der Waals surface area contributed by atoms with Crippen LogP contribution in [0.25, 0.3) is 0 Å². The Morgan fingerprint density at radius 1 is 1.53 bits per heavy atom. The molecule has 1 unspecified atom stereocenters. The summed E-state index contributed by atoms with van der Waals surface area (Å²) in [4.78, 5) is 13.5. The van der Waals surface area contributed by atoms with Crippen molar-refractivity contribution < 1.29 is 14.6 Å². The average molecular weight is 215 g/mol. The van der Waals surface area contributed by atoms with E-state index in [0.29, 0.717) is 18.9 Å². The van der Waals surface area contributed by atoms with Crippen molar-refractivity contribution >= 4 is 5.91 Å². The number of hydrogen-bond acceptors (Lipinski definition) is 3. The highest BCUT2D eigenvalue weighted by molar-refractivity contribution is 5.76. The summed E-state index contributed by atoms with van der Waals surface area (Å²) < 4.78 is 5.25. The Hall–Kier alpha value is -0.610. The molecule has 1 aliphatic heterocycles. The maximum Gasteiger partial charge on any atom is 0.222 e. The summed E-state index contributed by atoms with van der Waals surface area (Å²) in [5.74, 6) is 0.128. The fraction of sp³-hybridized carbons (Fsp3) is 0.909. The van der Waals surface area contributed by atoms with E-state index in [0.717, 1.165) is 26.1 Å². The molecule has 4 heteroatoms. The number of nitrogens with zero attached hydrogens (tertiary/aromatic N) is 1. The summed E-state index contributed by atoms with van der Waals surface area (Å²) in [7, 11) is 1.85. The Bertz CT molecular complexity index is 200. The van der Waals surface area contributed by atoms with Crippen LogP contribution in [0.2, 0.25) is 0 Å². The maximum absolute atomic E-state index is 11.7. The number of ether oxygens (including phenoxy) is 1. The molecule has 0 radical (unpaired) electrons. The number of carbonyl (C=O) groups excluding carboxylic acids is 1. The second-order valence-electron chi connectivity index (χ2n) is 4.24. The highest BCUT2D eigenvalue weighted by Gasteiger charge is 2.22. The highest BCUT2D eigenvalue weighted by atomic mass is 16.5. The van der Waals surface area contributed by atoms with Crippen LogP contribution in [0.4, 0.5) is 0 Å². The Balaban J connectivity index is 2.30. The lowest BCUT2D eigenvalue weighted by atomic mass is 10.1. The van der Waals surface area contributed by atoms with Crippen LogP contribution >= 0.6 is 0 Å². The van der Waals surface area contributed by atoms with Gasteiger partial charge in [0.2, 0.25) is 5.91 Å². The third kappa shape index (κ3) is 4.18. The summed E-state index contributed by atoms with van der Waals surface area (Å²) in [5.41, 5.74) is 0. The number of aliphatic hydroxyl groups is 1. The van der Waals surface area contributed by atoms with E-state index in [4.69, 9.17) is 9.84 Å². The van der Waals surface area contributed by atoms with Crippen molar-refractivity contribution in [2.24, 2.45) is 0 Å². The van der Waals surface area contributed by atoms with Crippen LogP contribution in [0.1, 0.15) is 32.6 Å². The Morgan fingerprint density at radius 2 is 2.13 bits per heavy atom. The molecule has 1 saturated heterocycles. The molecule has 0 aliphatic carbocycles. The normalized spacial score (nSPS) is 19.9. The van der Waals surface area contributed by atoms with E-state index in [1.165, 1.54) is 0 Å². The van der Waals surface area contributed by atoms with E-state index in [1.54, 1.807) is 6.92 Å². The van der Waals surface area contributed by atoms with Gasteiger partial charge in [0.15, 0.2) is 0 Å². The van der Waals surface area contributed by atoms with E-state index in [-0.39, 0.29) is 5.91 Å². The molecule has 4 nitrogen and oxygen atoms in total. The molecule has 1 N–H and O–H groups in total. The fourth-order valence-corrected chi connectivity index (χ4v) is 1.78.